The SMILES string of the molecule is Cn1nc(-c2nnc(C(F)F)s2)c2cc(S(=O)(=O)N(COCC[Si](C)(C)C)C3(C#N)CC3)cc(-n3cc4c(n3)CN(C(=O)OC(C)(C)C)C4)c21. The van der Waals surface area contributed by atoms with E-state index in [1.54, 1.807) is 34.0 Å². The zero-order valence-electron chi connectivity index (χ0n) is 28.9. The van der Waals surface area contributed by atoms with Gasteiger partial charge in [-0.1, -0.05) is 31.0 Å². The highest BCUT2D eigenvalue weighted by Gasteiger charge is 2.54. The molecule has 14 nitrogen and oxygen atoms in total. The maximum atomic E-state index is 14.6. The zero-order chi connectivity index (χ0) is 36.4. The summed E-state index contributed by atoms with van der Waals surface area (Å²) in [5.41, 5.74) is 0.368. The third kappa shape index (κ3) is 7.03. The number of hydrogen-bond donors (Lipinski definition) is 0. The lowest BCUT2D eigenvalue weighted by Gasteiger charge is -2.27. The smallest absolute Gasteiger partial charge is 0.410 e. The second-order valence-corrected chi connectivity index (χ2v) is 23.3. The molecule has 0 radical (unpaired) electrons. The predicted molar refractivity (Wildman–Crippen MR) is 183 cm³/mol. The number of carbonyl (C=O) groups is 1. The monoisotopic (exact) mass is 747 g/mol. The summed E-state index contributed by atoms with van der Waals surface area (Å²) in [5, 5.41) is 26.9. The molecule has 268 valence electrons. The lowest BCUT2D eigenvalue weighted by molar-refractivity contribution is 0.0239. The van der Waals surface area contributed by atoms with Gasteiger partial charge in [0.05, 0.1) is 41.0 Å². The molecule has 1 saturated carbocycles. The summed E-state index contributed by atoms with van der Waals surface area (Å²) in [7, 11) is -4.21. The Morgan fingerprint density at radius 2 is 1.90 bits per heavy atom. The van der Waals surface area contributed by atoms with Crippen molar-refractivity contribution in [3.63, 3.8) is 0 Å². The highest BCUT2D eigenvalue weighted by Crippen LogP contribution is 2.45. The number of nitriles is 1. The van der Waals surface area contributed by atoms with Gasteiger partial charge in [0.25, 0.3) is 6.43 Å². The van der Waals surface area contributed by atoms with Gasteiger partial charge in [0.1, 0.15) is 23.6 Å². The molecule has 0 bridgehead atoms. The van der Waals surface area contributed by atoms with Gasteiger partial charge in [0.2, 0.25) is 10.0 Å². The van der Waals surface area contributed by atoms with Gasteiger partial charge in [-0.3, -0.25) is 9.58 Å². The number of benzene rings is 1. The van der Waals surface area contributed by atoms with E-state index in [4.69, 9.17) is 14.6 Å². The summed E-state index contributed by atoms with van der Waals surface area (Å²) < 4.78 is 71.8. The van der Waals surface area contributed by atoms with E-state index in [-0.39, 0.29) is 35.4 Å². The molecule has 2 aliphatic rings. The van der Waals surface area contributed by atoms with Gasteiger partial charge in [-0.2, -0.15) is 19.8 Å². The molecule has 0 N–H and O–H groups in total. The van der Waals surface area contributed by atoms with Crippen LogP contribution in [0.2, 0.25) is 25.7 Å². The second kappa shape index (κ2) is 12.7. The van der Waals surface area contributed by atoms with E-state index < -0.39 is 46.8 Å². The van der Waals surface area contributed by atoms with Gasteiger partial charge in [-0.05, 0) is 51.8 Å². The van der Waals surface area contributed by atoms with E-state index in [2.05, 4.69) is 41.0 Å². The molecule has 4 aromatic rings. The minimum atomic E-state index is -4.38. The number of ether oxygens (including phenoxy) is 2. The number of fused-ring (bicyclic) bond motifs is 2. The standard InChI is InChI=1S/C31H39F2N9O5S2Si/c1-30(2,3)47-29(43)40-14-19-15-41(37-22(19)16-40)23-13-20(12-21-24(38-39(4)25(21)23)27-35-36-28(48-27)26(32)33)49(44,45)42(31(17-34)8-9-31)18-46-10-11-50(5,6)7/h12-13,15,26H,8-11,14,16,18H2,1-7H3. The van der Waals surface area contributed by atoms with Crippen LogP contribution in [-0.4, -0.2) is 86.0 Å². The number of hydrogen-bond acceptors (Lipinski definition) is 11. The minimum Gasteiger partial charge on any atom is -0.444 e. The minimum absolute atomic E-state index is 0.0876. The Balaban J connectivity index is 1.45. The van der Waals surface area contributed by atoms with Gasteiger partial charge in [0, 0.05) is 38.9 Å². The summed E-state index contributed by atoms with van der Waals surface area (Å²) in [4.78, 5) is 14.1. The molecule has 6 rings (SSSR count). The maximum absolute atomic E-state index is 14.6. The molecule has 0 atom stereocenters. The van der Waals surface area contributed by atoms with Crippen LogP contribution in [0.5, 0.6) is 0 Å². The molecule has 1 aliphatic heterocycles. The first-order chi connectivity index (χ1) is 23.3. The summed E-state index contributed by atoms with van der Waals surface area (Å²) in [6.45, 7) is 12.4. The number of aromatic nitrogens is 6. The van der Waals surface area contributed by atoms with Gasteiger partial charge < -0.3 is 9.47 Å². The Bertz CT molecular complexity index is 2080. The largest absolute Gasteiger partial charge is 0.444 e. The first-order valence-corrected chi connectivity index (χ1v) is 22.0. The van der Waals surface area contributed by atoms with Crippen LogP contribution in [0.1, 0.15) is 56.3 Å². The summed E-state index contributed by atoms with van der Waals surface area (Å²) >= 11 is 0.663. The Morgan fingerprint density at radius 3 is 2.48 bits per heavy atom. The third-order valence-electron chi connectivity index (χ3n) is 8.40. The molecule has 0 spiro atoms. The van der Waals surface area contributed by atoms with Crippen molar-refractivity contribution in [3.8, 4) is 22.5 Å². The molecule has 0 unspecified atom stereocenters. The average Bonchev–Trinajstić information content (AvgIpc) is 3.36. The number of alkyl halides is 2. The van der Waals surface area contributed by atoms with Gasteiger partial charge >= 0.3 is 6.09 Å². The average molecular weight is 748 g/mol. The fraction of sp³-hybridized carbons (Fsp3) is 0.548. The van der Waals surface area contributed by atoms with Crippen LogP contribution in [0.25, 0.3) is 27.3 Å². The number of amides is 1. The highest BCUT2D eigenvalue weighted by molar-refractivity contribution is 7.89. The second-order valence-electron chi connectivity index (χ2n) is 14.8. The Morgan fingerprint density at radius 1 is 1.18 bits per heavy atom. The van der Waals surface area contributed by atoms with E-state index >= 15 is 0 Å². The molecule has 4 heterocycles. The van der Waals surface area contributed by atoms with Gasteiger partial charge in [-0.25, -0.2) is 26.7 Å². The predicted octanol–water partition coefficient (Wildman–Crippen LogP) is 5.82. The topological polar surface area (TPSA) is 161 Å². The van der Waals surface area contributed by atoms with Crippen molar-refractivity contribution in [1.29, 1.82) is 5.26 Å². The van der Waals surface area contributed by atoms with E-state index in [1.807, 2.05) is 0 Å². The lowest BCUT2D eigenvalue weighted by Crippen LogP contribution is -2.43. The Hall–Kier alpha value is -3.83. The number of aryl methyl sites for hydroxylation is 1. The summed E-state index contributed by atoms with van der Waals surface area (Å²) in [6, 6.07) is 5.88. The molecule has 1 aromatic carbocycles. The normalized spacial score (nSPS) is 16.0. The van der Waals surface area contributed by atoms with Crippen LogP contribution in [0.3, 0.4) is 0 Å². The van der Waals surface area contributed by atoms with E-state index in [9.17, 15) is 27.3 Å². The summed E-state index contributed by atoms with van der Waals surface area (Å²) in [6.07, 6.45) is -0.896. The summed E-state index contributed by atoms with van der Waals surface area (Å²) in [5.74, 6) is 0. The van der Waals surface area contributed by atoms with Crippen molar-refractivity contribution in [3.05, 3.63) is 34.6 Å². The Kier molecular flexibility index (Phi) is 9.17. The van der Waals surface area contributed by atoms with Crippen molar-refractivity contribution in [2.75, 3.05) is 13.3 Å². The van der Waals surface area contributed by atoms with E-state index in [1.165, 1.54) is 26.4 Å². The third-order valence-corrected chi connectivity index (χ3v) is 12.9. The molecular weight excluding hydrogens is 709 g/mol. The molecule has 1 fully saturated rings. The first kappa shape index (κ1) is 36.0. The molecule has 19 heteroatoms. The quantitative estimate of drug-likeness (QED) is 0.104. The van der Waals surface area contributed by atoms with Crippen molar-refractivity contribution in [2.45, 2.75) is 94.8 Å². The number of sulfonamides is 1. The van der Waals surface area contributed by atoms with Crippen LogP contribution in [0.4, 0.5) is 13.6 Å². The van der Waals surface area contributed by atoms with Crippen molar-refractivity contribution in [1.82, 2.24) is 39.0 Å². The van der Waals surface area contributed by atoms with Crippen molar-refractivity contribution >= 4 is 46.4 Å². The number of carbonyl (C=O) groups excluding carboxylic acids is 1. The van der Waals surface area contributed by atoms with Crippen LogP contribution < -0.4 is 0 Å². The van der Waals surface area contributed by atoms with Gasteiger partial charge in [-0.15, -0.1) is 10.2 Å². The molecule has 1 amide bonds. The molecular formula is C31H39F2N9O5S2Si. The number of nitrogens with zero attached hydrogens (tertiary/aromatic N) is 9. The van der Waals surface area contributed by atoms with Crippen molar-refractivity contribution < 1.29 is 31.5 Å². The Labute approximate surface area is 293 Å². The molecule has 50 heavy (non-hydrogen) atoms. The van der Waals surface area contributed by atoms with Crippen molar-refractivity contribution in [2.24, 2.45) is 7.05 Å². The van der Waals surface area contributed by atoms with Crippen LogP contribution in [0.15, 0.2) is 23.2 Å². The van der Waals surface area contributed by atoms with E-state index in [0.29, 0.717) is 53.1 Å². The van der Waals surface area contributed by atoms with Gasteiger partial charge in [0.15, 0.2) is 10.0 Å². The lowest BCUT2D eigenvalue weighted by atomic mass is 10.2. The van der Waals surface area contributed by atoms with Crippen LogP contribution in [-0.2, 0) is 39.6 Å². The van der Waals surface area contributed by atoms with Crippen LogP contribution >= 0.6 is 11.3 Å². The maximum Gasteiger partial charge on any atom is 0.410 e. The molecule has 3 aromatic heterocycles. The molecule has 0 saturated heterocycles. The van der Waals surface area contributed by atoms with E-state index in [0.717, 1.165) is 15.9 Å². The number of halogens is 2. The fourth-order valence-corrected chi connectivity index (χ4v) is 8.74. The first-order valence-electron chi connectivity index (χ1n) is 16.0. The molecule has 1 aliphatic carbocycles. The fourth-order valence-electron chi connectivity index (χ4n) is 5.61. The van der Waals surface area contributed by atoms with Crippen LogP contribution in [0, 0.1) is 11.3 Å². The number of rotatable bonds is 11. The zero-order valence-corrected chi connectivity index (χ0v) is 31.5. The highest BCUT2D eigenvalue weighted by atomic mass is 32.2.